The lowest BCUT2D eigenvalue weighted by molar-refractivity contribution is -0.131. The molecule has 2 fully saturated rings. The minimum atomic E-state index is 0.0357. The highest BCUT2D eigenvalue weighted by atomic mass is 16.2. The van der Waals surface area contributed by atoms with Crippen molar-refractivity contribution in [2.45, 2.75) is 84.8 Å². The van der Waals surface area contributed by atoms with Gasteiger partial charge >= 0.3 is 0 Å². The van der Waals surface area contributed by atoms with Gasteiger partial charge in [-0.25, -0.2) is 0 Å². The molecule has 1 N–H and O–H groups in total. The van der Waals surface area contributed by atoms with Crippen LogP contribution in [0.4, 0.5) is 0 Å². The summed E-state index contributed by atoms with van der Waals surface area (Å²) in [6.45, 7) is 9.79. The van der Waals surface area contributed by atoms with Gasteiger partial charge in [0, 0.05) is 6.54 Å². The lowest BCUT2D eigenvalue weighted by atomic mass is 9.80. The number of amides is 1. The van der Waals surface area contributed by atoms with Gasteiger partial charge in [-0.2, -0.15) is 0 Å². The molecule has 1 saturated heterocycles. The fraction of sp³-hybridized carbons (Fsp3) is 0.944. The van der Waals surface area contributed by atoms with Crippen molar-refractivity contribution in [2.75, 3.05) is 6.54 Å². The van der Waals surface area contributed by atoms with Gasteiger partial charge in [0.15, 0.2) is 0 Å². The number of hydrogen-bond acceptors (Lipinski definition) is 2. The first-order valence-electron chi connectivity index (χ1n) is 9.13. The van der Waals surface area contributed by atoms with Crippen molar-refractivity contribution < 1.29 is 4.79 Å². The van der Waals surface area contributed by atoms with Crippen LogP contribution in [0.3, 0.4) is 0 Å². The van der Waals surface area contributed by atoms with Crippen LogP contribution in [-0.4, -0.2) is 29.6 Å². The van der Waals surface area contributed by atoms with Crippen LogP contribution in [0.5, 0.6) is 0 Å². The third kappa shape index (κ3) is 4.00. The Kier molecular flexibility index (Phi) is 6.09. The topological polar surface area (TPSA) is 32.3 Å². The quantitative estimate of drug-likeness (QED) is 0.808. The van der Waals surface area contributed by atoms with Crippen molar-refractivity contribution in [3.05, 3.63) is 0 Å². The number of hydrogen-bond donors (Lipinski definition) is 1. The maximum atomic E-state index is 12.7. The molecule has 1 saturated carbocycles. The van der Waals surface area contributed by atoms with Crippen molar-refractivity contribution in [2.24, 2.45) is 17.8 Å². The van der Waals surface area contributed by atoms with Crippen LogP contribution < -0.4 is 5.32 Å². The summed E-state index contributed by atoms with van der Waals surface area (Å²) >= 11 is 0. The van der Waals surface area contributed by atoms with Crippen molar-refractivity contribution in [3.8, 4) is 0 Å². The van der Waals surface area contributed by atoms with Gasteiger partial charge in [-0.15, -0.1) is 0 Å². The molecule has 0 aromatic carbocycles. The van der Waals surface area contributed by atoms with Gasteiger partial charge in [-0.3, -0.25) is 10.1 Å². The highest BCUT2D eigenvalue weighted by Gasteiger charge is 2.40. The Morgan fingerprint density at radius 2 is 1.76 bits per heavy atom. The molecule has 0 aromatic heterocycles. The minimum Gasteiger partial charge on any atom is -0.326 e. The van der Waals surface area contributed by atoms with Crippen LogP contribution >= 0.6 is 0 Å². The lowest BCUT2D eigenvalue weighted by Gasteiger charge is -2.33. The van der Waals surface area contributed by atoms with E-state index in [-0.39, 0.29) is 12.2 Å². The molecule has 0 radical (unpaired) electrons. The van der Waals surface area contributed by atoms with E-state index in [2.05, 4.69) is 37.9 Å². The van der Waals surface area contributed by atoms with E-state index in [9.17, 15) is 4.79 Å². The van der Waals surface area contributed by atoms with Gasteiger partial charge in [0.2, 0.25) is 5.91 Å². The van der Waals surface area contributed by atoms with E-state index in [0.717, 1.165) is 31.2 Å². The van der Waals surface area contributed by atoms with E-state index >= 15 is 0 Å². The van der Waals surface area contributed by atoms with Gasteiger partial charge in [0.25, 0.3) is 0 Å². The van der Waals surface area contributed by atoms with Crippen LogP contribution in [0.1, 0.15) is 72.6 Å². The third-order valence-electron chi connectivity index (χ3n) is 5.52. The zero-order valence-corrected chi connectivity index (χ0v) is 14.4. The van der Waals surface area contributed by atoms with E-state index in [1.165, 1.54) is 32.1 Å². The van der Waals surface area contributed by atoms with Gasteiger partial charge in [0.05, 0.1) is 12.2 Å². The van der Waals surface area contributed by atoms with Crippen LogP contribution in [0.15, 0.2) is 0 Å². The molecular formula is C18H34N2O. The number of nitrogens with zero attached hydrogens (tertiary/aromatic N) is 1. The average molecular weight is 294 g/mol. The molecular weight excluding hydrogens is 260 g/mol. The summed E-state index contributed by atoms with van der Waals surface area (Å²) in [5.74, 6) is 2.39. The second-order valence-electron chi connectivity index (χ2n) is 7.48. The number of nitrogens with one attached hydrogen (secondary N) is 1. The molecule has 1 aliphatic heterocycles. The largest absolute Gasteiger partial charge is 0.326 e. The Morgan fingerprint density at radius 1 is 1.14 bits per heavy atom. The van der Waals surface area contributed by atoms with E-state index in [4.69, 9.17) is 0 Å². The Hall–Kier alpha value is -0.570. The first kappa shape index (κ1) is 16.8. The molecule has 3 heteroatoms. The summed E-state index contributed by atoms with van der Waals surface area (Å²) in [4.78, 5) is 14.9. The normalized spacial score (nSPS) is 34.0. The molecule has 0 bridgehead atoms. The fourth-order valence-electron chi connectivity index (χ4n) is 4.01. The highest BCUT2D eigenvalue weighted by molar-refractivity contribution is 5.84. The van der Waals surface area contributed by atoms with Gasteiger partial charge < -0.3 is 4.90 Å². The van der Waals surface area contributed by atoms with Crippen LogP contribution in [0, 0.1) is 17.8 Å². The number of rotatable bonds is 6. The van der Waals surface area contributed by atoms with E-state index in [0.29, 0.717) is 11.8 Å². The summed E-state index contributed by atoms with van der Waals surface area (Å²) in [6, 6.07) is 0.0357. The summed E-state index contributed by atoms with van der Waals surface area (Å²) in [5, 5.41) is 3.58. The fourth-order valence-corrected chi connectivity index (χ4v) is 4.01. The molecule has 0 aromatic rings. The first-order chi connectivity index (χ1) is 10.1. The third-order valence-corrected chi connectivity index (χ3v) is 5.52. The van der Waals surface area contributed by atoms with Crippen molar-refractivity contribution in [1.82, 2.24) is 10.2 Å². The average Bonchev–Trinajstić information content (AvgIpc) is 2.78. The van der Waals surface area contributed by atoms with Gasteiger partial charge in [0.1, 0.15) is 0 Å². The predicted molar refractivity (Wildman–Crippen MR) is 87.9 cm³/mol. The number of carbonyl (C=O) groups excluding carboxylic acids is 1. The van der Waals surface area contributed by atoms with E-state index < -0.39 is 0 Å². The Morgan fingerprint density at radius 3 is 2.29 bits per heavy atom. The summed E-state index contributed by atoms with van der Waals surface area (Å²) < 4.78 is 0. The molecule has 2 atom stereocenters. The van der Waals surface area contributed by atoms with Gasteiger partial charge in [-0.1, -0.05) is 53.4 Å². The molecule has 1 heterocycles. The second kappa shape index (κ2) is 7.62. The number of carbonyl (C=O) groups is 1. The predicted octanol–water partition coefficient (Wildman–Crippen LogP) is 3.79. The van der Waals surface area contributed by atoms with Crippen LogP contribution in [0.25, 0.3) is 0 Å². The molecule has 21 heavy (non-hydrogen) atoms. The first-order valence-corrected chi connectivity index (χ1v) is 9.13. The molecule has 2 rings (SSSR count). The zero-order valence-electron chi connectivity index (χ0n) is 14.4. The molecule has 0 spiro atoms. The monoisotopic (exact) mass is 294 g/mol. The molecule has 1 amide bonds. The Balaban J connectivity index is 1.94. The van der Waals surface area contributed by atoms with Crippen molar-refractivity contribution in [1.29, 1.82) is 0 Å². The highest BCUT2D eigenvalue weighted by Crippen LogP contribution is 2.32. The van der Waals surface area contributed by atoms with Crippen LogP contribution in [-0.2, 0) is 4.79 Å². The summed E-state index contributed by atoms with van der Waals surface area (Å²) in [7, 11) is 0. The molecule has 2 unspecified atom stereocenters. The van der Waals surface area contributed by atoms with Gasteiger partial charge in [-0.05, 0) is 37.0 Å². The smallest absolute Gasteiger partial charge is 0.241 e. The lowest BCUT2D eigenvalue weighted by Crippen LogP contribution is -2.41. The molecule has 1 aliphatic carbocycles. The molecule has 122 valence electrons. The van der Waals surface area contributed by atoms with Crippen LogP contribution in [0.2, 0.25) is 0 Å². The molecule has 2 aliphatic rings. The van der Waals surface area contributed by atoms with E-state index in [1.54, 1.807) is 0 Å². The maximum Gasteiger partial charge on any atom is 0.241 e. The Bertz CT molecular complexity index is 334. The standard InChI is InChI=1S/C18H34N2O/c1-5-7-16-19-17(13(3)4)18(21)20(16)12-15-10-8-14(6-2)9-11-15/h13-17,19H,5-12H2,1-4H3. The van der Waals surface area contributed by atoms with Crippen molar-refractivity contribution >= 4 is 5.91 Å². The van der Waals surface area contributed by atoms with Crippen molar-refractivity contribution in [3.63, 3.8) is 0 Å². The molecule has 3 nitrogen and oxygen atoms in total. The summed E-state index contributed by atoms with van der Waals surface area (Å²) in [5.41, 5.74) is 0. The summed E-state index contributed by atoms with van der Waals surface area (Å²) in [6.07, 6.45) is 9.17. The maximum absolute atomic E-state index is 12.7. The Labute approximate surface area is 130 Å². The zero-order chi connectivity index (χ0) is 15.4. The SMILES string of the molecule is CCCC1NC(C(C)C)C(=O)N1CC1CCC(CC)CC1. The van der Waals surface area contributed by atoms with E-state index in [1.807, 2.05) is 0 Å². The minimum absolute atomic E-state index is 0.0357. The second-order valence-corrected chi connectivity index (χ2v) is 7.48.